The Labute approximate surface area is 165 Å². The first-order chi connectivity index (χ1) is 13.3. The Morgan fingerprint density at radius 2 is 1.82 bits per heavy atom. The summed E-state index contributed by atoms with van der Waals surface area (Å²) in [6, 6.07) is 12.3. The average Bonchev–Trinajstić information content (AvgIpc) is 2.64. The van der Waals surface area contributed by atoms with E-state index in [2.05, 4.69) is 20.6 Å². The normalized spacial score (nSPS) is 10.4. The molecule has 0 aliphatic carbocycles. The van der Waals surface area contributed by atoms with Crippen LogP contribution < -0.4 is 10.6 Å². The Morgan fingerprint density at radius 3 is 2.54 bits per heavy atom. The van der Waals surface area contributed by atoms with Gasteiger partial charge in [-0.3, -0.25) is 9.59 Å². The van der Waals surface area contributed by atoms with E-state index in [1.54, 1.807) is 31.2 Å². The van der Waals surface area contributed by atoms with Crippen LogP contribution in [0.4, 0.5) is 21.7 Å². The van der Waals surface area contributed by atoms with Crippen LogP contribution in [-0.2, 0) is 0 Å². The van der Waals surface area contributed by atoms with Gasteiger partial charge in [0.1, 0.15) is 11.5 Å². The molecule has 1 heterocycles. The van der Waals surface area contributed by atoms with E-state index in [0.717, 1.165) is 6.07 Å². The highest BCUT2D eigenvalue weighted by Crippen LogP contribution is 2.20. The maximum Gasteiger partial charge on any atom is 0.274 e. The van der Waals surface area contributed by atoms with Gasteiger partial charge in [-0.05, 0) is 50.2 Å². The molecule has 2 N–H and O–H groups in total. The summed E-state index contributed by atoms with van der Waals surface area (Å²) in [6.07, 6.45) is 0. The van der Waals surface area contributed by atoms with Gasteiger partial charge in [0.05, 0.1) is 5.02 Å². The first-order valence-corrected chi connectivity index (χ1v) is 8.70. The second kappa shape index (κ2) is 8.14. The summed E-state index contributed by atoms with van der Waals surface area (Å²) in [5.74, 6) is -0.916. The van der Waals surface area contributed by atoms with E-state index in [1.165, 1.54) is 25.1 Å². The van der Waals surface area contributed by atoms with E-state index >= 15 is 0 Å². The standard InChI is InChI=1S/C20H16ClFN4O2/c1-11-8-18(19(28)24-15-6-7-17(22)16(21)10-15)26-20(23-11)25-14-5-3-4-13(9-14)12(2)27/h3-10H,1-2H3,(H,24,28)(H,23,25,26). The Morgan fingerprint density at radius 1 is 1.04 bits per heavy atom. The van der Waals surface area contributed by atoms with Crippen LogP contribution in [0.3, 0.4) is 0 Å². The molecule has 0 bridgehead atoms. The van der Waals surface area contributed by atoms with E-state index in [4.69, 9.17) is 11.6 Å². The molecule has 1 aromatic heterocycles. The molecule has 0 saturated heterocycles. The average molecular weight is 399 g/mol. The zero-order valence-electron chi connectivity index (χ0n) is 15.1. The van der Waals surface area contributed by atoms with Gasteiger partial charge in [-0.25, -0.2) is 14.4 Å². The number of benzene rings is 2. The van der Waals surface area contributed by atoms with Crippen LogP contribution in [-0.4, -0.2) is 21.7 Å². The van der Waals surface area contributed by atoms with Crippen molar-refractivity contribution in [2.75, 3.05) is 10.6 Å². The van der Waals surface area contributed by atoms with Crippen LogP contribution in [0.25, 0.3) is 0 Å². The number of carbonyl (C=O) groups is 2. The molecule has 8 heteroatoms. The second-order valence-electron chi connectivity index (χ2n) is 6.06. The predicted octanol–water partition coefficient (Wildman–Crippen LogP) is 4.78. The maximum atomic E-state index is 13.3. The number of nitrogens with zero attached hydrogens (tertiary/aromatic N) is 2. The van der Waals surface area contributed by atoms with Gasteiger partial charge in [0, 0.05) is 22.6 Å². The van der Waals surface area contributed by atoms with E-state index < -0.39 is 11.7 Å². The lowest BCUT2D eigenvalue weighted by Crippen LogP contribution is -2.15. The van der Waals surface area contributed by atoms with Gasteiger partial charge in [-0.2, -0.15) is 0 Å². The first kappa shape index (κ1) is 19.4. The predicted molar refractivity (Wildman–Crippen MR) is 106 cm³/mol. The third kappa shape index (κ3) is 4.69. The third-order valence-electron chi connectivity index (χ3n) is 3.79. The molecule has 0 aliphatic heterocycles. The first-order valence-electron chi connectivity index (χ1n) is 8.32. The molecule has 2 aromatic carbocycles. The summed E-state index contributed by atoms with van der Waals surface area (Å²) in [5, 5.41) is 5.51. The number of amides is 1. The molecule has 0 radical (unpaired) electrons. The smallest absolute Gasteiger partial charge is 0.274 e. The van der Waals surface area contributed by atoms with E-state index in [-0.39, 0.29) is 22.4 Å². The number of halogens is 2. The lowest BCUT2D eigenvalue weighted by atomic mass is 10.1. The van der Waals surface area contributed by atoms with Crippen molar-refractivity contribution >= 4 is 40.6 Å². The number of aryl methyl sites for hydroxylation is 1. The zero-order chi connectivity index (χ0) is 20.3. The van der Waals surface area contributed by atoms with Gasteiger partial charge < -0.3 is 10.6 Å². The minimum absolute atomic E-state index is 0.0631. The summed E-state index contributed by atoms with van der Waals surface area (Å²) >= 11 is 5.73. The number of hydrogen-bond donors (Lipinski definition) is 2. The number of rotatable bonds is 5. The fraction of sp³-hybridized carbons (Fsp3) is 0.100. The molecular formula is C20H16ClFN4O2. The lowest BCUT2D eigenvalue weighted by Gasteiger charge is -2.10. The molecule has 6 nitrogen and oxygen atoms in total. The Bertz CT molecular complexity index is 1070. The number of carbonyl (C=O) groups excluding carboxylic acids is 2. The number of ketones is 1. The van der Waals surface area contributed by atoms with Crippen molar-refractivity contribution in [3.63, 3.8) is 0 Å². The highest BCUT2D eigenvalue weighted by atomic mass is 35.5. The molecule has 0 fully saturated rings. The lowest BCUT2D eigenvalue weighted by molar-refractivity contribution is 0.101. The molecule has 0 saturated carbocycles. The minimum Gasteiger partial charge on any atom is -0.324 e. The van der Waals surface area contributed by atoms with E-state index in [1.807, 2.05) is 0 Å². The molecule has 142 valence electrons. The molecule has 1 amide bonds. The molecule has 3 aromatic rings. The molecule has 28 heavy (non-hydrogen) atoms. The van der Waals surface area contributed by atoms with Crippen molar-refractivity contribution in [1.82, 2.24) is 9.97 Å². The van der Waals surface area contributed by atoms with Gasteiger partial charge in [-0.1, -0.05) is 23.7 Å². The van der Waals surface area contributed by atoms with Crippen LogP contribution in [0.2, 0.25) is 5.02 Å². The van der Waals surface area contributed by atoms with Crippen molar-refractivity contribution in [2.45, 2.75) is 13.8 Å². The molecule has 3 rings (SSSR count). The maximum absolute atomic E-state index is 13.3. The fourth-order valence-corrected chi connectivity index (χ4v) is 2.64. The molecule has 0 atom stereocenters. The summed E-state index contributed by atoms with van der Waals surface area (Å²) in [5.41, 5.74) is 2.20. The number of nitrogens with one attached hydrogen (secondary N) is 2. The van der Waals surface area contributed by atoms with Crippen molar-refractivity contribution in [3.8, 4) is 0 Å². The summed E-state index contributed by atoms with van der Waals surface area (Å²) in [6.45, 7) is 3.21. The van der Waals surface area contributed by atoms with Gasteiger partial charge in [0.2, 0.25) is 5.95 Å². The summed E-state index contributed by atoms with van der Waals surface area (Å²) in [4.78, 5) is 32.5. The van der Waals surface area contributed by atoms with Crippen molar-refractivity contribution in [2.24, 2.45) is 0 Å². The fourth-order valence-electron chi connectivity index (χ4n) is 2.45. The monoisotopic (exact) mass is 398 g/mol. The van der Waals surface area contributed by atoms with E-state index in [0.29, 0.717) is 22.6 Å². The van der Waals surface area contributed by atoms with Gasteiger partial charge >= 0.3 is 0 Å². The van der Waals surface area contributed by atoms with Crippen molar-refractivity contribution in [3.05, 3.63) is 76.3 Å². The van der Waals surface area contributed by atoms with Crippen LogP contribution in [0.1, 0.15) is 33.5 Å². The topological polar surface area (TPSA) is 84.0 Å². The summed E-state index contributed by atoms with van der Waals surface area (Å²) < 4.78 is 13.3. The van der Waals surface area contributed by atoms with Crippen LogP contribution in [0, 0.1) is 12.7 Å². The molecule has 0 spiro atoms. The SMILES string of the molecule is CC(=O)c1cccc(Nc2nc(C)cc(C(=O)Nc3ccc(F)c(Cl)c3)n2)c1. The molecule has 0 aliphatic rings. The number of Topliss-reactive ketones (excluding diaryl/α,β-unsaturated/α-hetero) is 1. The van der Waals surface area contributed by atoms with Gasteiger partial charge in [0.25, 0.3) is 5.91 Å². The van der Waals surface area contributed by atoms with Gasteiger partial charge in [-0.15, -0.1) is 0 Å². The number of hydrogen-bond acceptors (Lipinski definition) is 5. The van der Waals surface area contributed by atoms with Crippen LogP contribution >= 0.6 is 11.6 Å². The molecule has 0 unspecified atom stereocenters. The zero-order valence-corrected chi connectivity index (χ0v) is 15.8. The Kier molecular flexibility index (Phi) is 5.65. The Balaban J connectivity index is 1.82. The Hall–Kier alpha value is -3.32. The highest BCUT2D eigenvalue weighted by Gasteiger charge is 2.12. The van der Waals surface area contributed by atoms with E-state index in [9.17, 15) is 14.0 Å². The summed E-state index contributed by atoms with van der Waals surface area (Å²) in [7, 11) is 0. The minimum atomic E-state index is -0.572. The molecular weight excluding hydrogens is 383 g/mol. The van der Waals surface area contributed by atoms with Crippen molar-refractivity contribution < 1.29 is 14.0 Å². The van der Waals surface area contributed by atoms with Gasteiger partial charge in [0.15, 0.2) is 5.78 Å². The second-order valence-corrected chi connectivity index (χ2v) is 6.47. The van der Waals surface area contributed by atoms with Crippen LogP contribution in [0.15, 0.2) is 48.5 Å². The van der Waals surface area contributed by atoms with Crippen molar-refractivity contribution in [1.29, 1.82) is 0 Å². The largest absolute Gasteiger partial charge is 0.324 e. The number of anilines is 3. The quantitative estimate of drug-likeness (QED) is 0.604. The third-order valence-corrected chi connectivity index (χ3v) is 4.08. The number of aromatic nitrogens is 2. The highest BCUT2D eigenvalue weighted by molar-refractivity contribution is 6.31. The van der Waals surface area contributed by atoms with Crippen LogP contribution in [0.5, 0.6) is 0 Å².